The van der Waals surface area contributed by atoms with Crippen molar-refractivity contribution in [2.75, 3.05) is 5.32 Å². The smallest absolute Gasteiger partial charge is 0.273 e. The van der Waals surface area contributed by atoms with Crippen LogP contribution in [0.4, 0.5) is 11.4 Å². The minimum absolute atomic E-state index is 0.0439. The van der Waals surface area contributed by atoms with E-state index in [0.29, 0.717) is 11.3 Å². The molecule has 2 aromatic rings. The van der Waals surface area contributed by atoms with Crippen LogP contribution in [0.1, 0.15) is 61.0 Å². The molecule has 29 heavy (non-hydrogen) atoms. The number of benzene rings is 2. The van der Waals surface area contributed by atoms with Crippen molar-refractivity contribution in [3.63, 3.8) is 0 Å². The number of anilines is 1. The molecule has 0 saturated carbocycles. The Bertz CT molecular complexity index is 944. The quantitative estimate of drug-likeness (QED) is 0.328. The van der Waals surface area contributed by atoms with Gasteiger partial charge in [0.25, 0.3) is 11.6 Å². The number of non-ortho nitro benzene ring substituents is 1. The third-order valence-electron chi connectivity index (χ3n) is 4.30. The van der Waals surface area contributed by atoms with Crippen LogP contribution in [0.15, 0.2) is 36.4 Å². The standard InChI is InChI=1S/C20H24N4O4S/c1-11(2)13-8-16(12(3)4)18(25)17(9-13)19(26)22-23-20(29)21-14-6-5-7-15(10-14)24(27)28/h5-12,25H,1-4H3,(H,22,26)(H2,21,23,29). The lowest BCUT2D eigenvalue weighted by molar-refractivity contribution is -0.384. The summed E-state index contributed by atoms with van der Waals surface area (Å²) in [6.45, 7) is 7.90. The van der Waals surface area contributed by atoms with Crippen molar-refractivity contribution in [2.45, 2.75) is 39.5 Å². The van der Waals surface area contributed by atoms with Crippen molar-refractivity contribution >= 4 is 34.6 Å². The highest BCUT2D eigenvalue weighted by Crippen LogP contribution is 2.33. The summed E-state index contributed by atoms with van der Waals surface area (Å²) >= 11 is 5.11. The number of nitro benzene ring substituents is 1. The number of hydrazine groups is 1. The second-order valence-electron chi connectivity index (χ2n) is 7.16. The van der Waals surface area contributed by atoms with Crippen molar-refractivity contribution in [3.8, 4) is 5.75 Å². The van der Waals surface area contributed by atoms with Gasteiger partial charge in [0, 0.05) is 17.8 Å². The molecule has 0 unspecified atom stereocenters. The largest absolute Gasteiger partial charge is 0.507 e. The molecule has 0 aliphatic heterocycles. The number of nitrogens with one attached hydrogen (secondary N) is 3. The van der Waals surface area contributed by atoms with Gasteiger partial charge in [0.2, 0.25) is 0 Å². The second-order valence-corrected chi connectivity index (χ2v) is 7.56. The van der Waals surface area contributed by atoms with Crippen molar-refractivity contribution in [2.24, 2.45) is 0 Å². The zero-order valence-electron chi connectivity index (χ0n) is 16.6. The van der Waals surface area contributed by atoms with E-state index >= 15 is 0 Å². The normalized spacial score (nSPS) is 10.7. The van der Waals surface area contributed by atoms with Crippen molar-refractivity contribution in [3.05, 3.63) is 63.2 Å². The predicted molar refractivity (Wildman–Crippen MR) is 116 cm³/mol. The van der Waals surface area contributed by atoms with E-state index in [1.54, 1.807) is 12.1 Å². The number of carbonyl (C=O) groups excluding carboxylic acids is 1. The van der Waals surface area contributed by atoms with E-state index in [2.05, 4.69) is 16.2 Å². The molecule has 0 fully saturated rings. The molecule has 0 aromatic heterocycles. The monoisotopic (exact) mass is 416 g/mol. The predicted octanol–water partition coefficient (Wildman–Crippen LogP) is 4.18. The summed E-state index contributed by atoms with van der Waals surface area (Å²) in [4.78, 5) is 22.9. The van der Waals surface area contributed by atoms with Crippen LogP contribution < -0.4 is 16.2 Å². The number of thiocarbonyl (C=S) groups is 1. The number of nitrogens with zero attached hydrogens (tertiary/aromatic N) is 1. The Kier molecular flexibility index (Phi) is 7.11. The molecular weight excluding hydrogens is 392 g/mol. The first-order valence-electron chi connectivity index (χ1n) is 9.08. The van der Waals surface area contributed by atoms with Crippen molar-refractivity contribution < 1.29 is 14.8 Å². The zero-order chi connectivity index (χ0) is 21.7. The third kappa shape index (κ3) is 5.64. The minimum atomic E-state index is -0.546. The average Bonchev–Trinajstić information content (AvgIpc) is 2.66. The number of hydrogen-bond donors (Lipinski definition) is 4. The average molecular weight is 417 g/mol. The summed E-state index contributed by atoms with van der Waals surface area (Å²) in [7, 11) is 0. The van der Waals surface area contributed by atoms with Gasteiger partial charge < -0.3 is 10.4 Å². The molecule has 0 bridgehead atoms. The maximum Gasteiger partial charge on any atom is 0.273 e. The van der Waals surface area contributed by atoms with Crippen LogP contribution in [0, 0.1) is 10.1 Å². The van der Waals surface area contributed by atoms with E-state index < -0.39 is 10.8 Å². The first kappa shape index (κ1) is 22.1. The van der Waals surface area contributed by atoms with Gasteiger partial charge in [-0.25, -0.2) is 0 Å². The Labute approximate surface area is 174 Å². The van der Waals surface area contributed by atoms with E-state index in [9.17, 15) is 20.0 Å². The summed E-state index contributed by atoms with van der Waals surface area (Å²) in [5, 5.41) is 24.2. The SMILES string of the molecule is CC(C)c1cc(C(=O)NNC(=S)Nc2cccc([N+](=O)[O-])c2)c(O)c(C(C)C)c1. The third-order valence-corrected chi connectivity index (χ3v) is 4.50. The fourth-order valence-electron chi connectivity index (χ4n) is 2.67. The molecule has 0 radical (unpaired) electrons. The first-order valence-corrected chi connectivity index (χ1v) is 9.49. The molecule has 0 spiro atoms. The molecule has 0 aliphatic rings. The van der Waals surface area contributed by atoms with Crippen LogP contribution in [-0.2, 0) is 0 Å². The molecule has 9 heteroatoms. The van der Waals surface area contributed by atoms with Gasteiger partial charge in [-0.3, -0.25) is 25.8 Å². The second kappa shape index (κ2) is 9.33. The summed E-state index contributed by atoms with van der Waals surface area (Å²) in [5.74, 6) is -0.384. The molecule has 8 nitrogen and oxygen atoms in total. The number of nitro groups is 1. The van der Waals surface area contributed by atoms with Gasteiger partial charge in [0.1, 0.15) is 5.75 Å². The van der Waals surface area contributed by atoms with Gasteiger partial charge in [-0.2, -0.15) is 0 Å². The molecule has 1 amide bonds. The molecular formula is C20H24N4O4S. The lowest BCUT2D eigenvalue weighted by Gasteiger charge is -2.17. The van der Waals surface area contributed by atoms with Gasteiger partial charge in [-0.1, -0.05) is 39.8 Å². The molecule has 2 rings (SSSR count). The van der Waals surface area contributed by atoms with E-state index in [0.717, 1.165) is 5.56 Å². The zero-order valence-corrected chi connectivity index (χ0v) is 17.5. The molecule has 0 aliphatic carbocycles. The Morgan fingerprint density at radius 3 is 2.38 bits per heavy atom. The van der Waals surface area contributed by atoms with Crippen LogP contribution in [0.2, 0.25) is 0 Å². The molecule has 2 aromatic carbocycles. The fourth-order valence-corrected chi connectivity index (χ4v) is 2.84. The number of aromatic hydroxyl groups is 1. The van der Waals surface area contributed by atoms with Crippen molar-refractivity contribution in [1.82, 2.24) is 10.9 Å². The molecule has 4 N–H and O–H groups in total. The van der Waals surface area contributed by atoms with Crippen molar-refractivity contribution in [1.29, 1.82) is 0 Å². The highest BCUT2D eigenvalue weighted by molar-refractivity contribution is 7.80. The lowest BCUT2D eigenvalue weighted by atomic mass is 9.92. The number of phenolic OH excluding ortho intramolecular Hbond substituents is 1. The summed E-state index contributed by atoms with van der Waals surface area (Å²) in [5.41, 5.74) is 7.08. The number of amides is 1. The van der Waals surface area contributed by atoms with Gasteiger partial charge in [0.05, 0.1) is 10.5 Å². The van der Waals surface area contributed by atoms with Crippen LogP contribution in [0.3, 0.4) is 0 Å². The highest BCUT2D eigenvalue weighted by Gasteiger charge is 2.19. The molecule has 0 atom stereocenters. The maximum atomic E-state index is 12.6. The number of hydrogen-bond acceptors (Lipinski definition) is 5. The number of carbonyl (C=O) groups is 1. The summed E-state index contributed by atoms with van der Waals surface area (Å²) in [6, 6.07) is 9.37. The Balaban J connectivity index is 2.11. The topological polar surface area (TPSA) is 117 Å². The summed E-state index contributed by atoms with van der Waals surface area (Å²) in [6.07, 6.45) is 0. The lowest BCUT2D eigenvalue weighted by Crippen LogP contribution is -2.43. The first-order chi connectivity index (χ1) is 13.6. The van der Waals surface area contributed by atoms with Crippen LogP contribution in [-0.4, -0.2) is 21.0 Å². The van der Waals surface area contributed by atoms with E-state index in [1.165, 1.54) is 18.2 Å². The van der Waals surface area contributed by atoms with Crippen LogP contribution in [0.5, 0.6) is 5.75 Å². The highest BCUT2D eigenvalue weighted by atomic mass is 32.1. The van der Waals surface area contributed by atoms with Crippen LogP contribution in [0.25, 0.3) is 0 Å². The van der Waals surface area contributed by atoms with E-state index in [-0.39, 0.29) is 33.9 Å². The van der Waals surface area contributed by atoms with Crippen LogP contribution >= 0.6 is 12.2 Å². The van der Waals surface area contributed by atoms with Gasteiger partial charge in [0.15, 0.2) is 5.11 Å². The molecule has 154 valence electrons. The van der Waals surface area contributed by atoms with Gasteiger partial charge in [-0.05, 0) is 47.3 Å². The fraction of sp³-hybridized carbons (Fsp3) is 0.300. The number of phenols is 1. The Morgan fingerprint density at radius 1 is 1.10 bits per heavy atom. The summed E-state index contributed by atoms with van der Waals surface area (Å²) < 4.78 is 0. The van der Waals surface area contributed by atoms with E-state index in [1.807, 2.05) is 33.8 Å². The molecule has 0 saturated heterocycles. The van der Waals surface area contributed by atoms with Gasteiger partial charge >= 0.3 is 0 Å². The Morgan fingerprint density at radius 2 is 1.79 bits per heavy atom. The van der Waals surface area contributed by atoms with E-state index in [4.69, 9.17) is 12.2 Å². The molecule has 0 heterocycles. The van der Waals surface area contributed by atoms with Gasteiger partial charge in [-0.15, -0.1) is 0 Å². The maximum absolute atomic E-state index is 12.6. The number of rotatable bonds is 5. The Hall–Kier alpha value is -3.20. The minimum Gasteiger partial charge on any atom is -0.507 e.